The summed E-state index contributed by atoms with van der Waals surface area (Å²) in [5.74, 6) is -0.277. The second-order valence-electron chi connectivity index (χ2n) is 5.63. The fraction of sp³-hybridized carbons (Fsp3) is 0.533. The van der Waals surface area contributed by atoms with E-state index in [-0.39, 0.29) is 36.4 Å². The smallest absolute Gasteiger partial charge is 0.412 e. The molecule has 1 aromatic rings. The fourth-order valence-corrected chi connectivity index (χ4v) is 1.68. The SMILES string of the molecule is CCOC(=O)Cc1ccc(NC(=O)OC(C)(C)C)c[n+]1C.[I-]. The highest BCUT2D eigenvalue weighted by molar-refractivity contribution is 5.84. The highest BCUT2D eigenvalue weighted by Gasteiger charge is 2.18. The van der Waals surface area contributed by atoms with E-state index in [4.69, 9.17) is 9.47 Å². The summed E-state index contributed by atoms with van der Waals surface area (Å²) in [6.45, 7) is 7.53. The molecule has 124 valence electrons. The first-order valence-electron chi connectivity index (χ1n) is 6.85. The molecule has 0 unspecified atom stereocenters. The van der Waals surface area contributed by atoms with E-state index in [0.717, 1.165) is 5.69 Å². The van der Waals surface area contributed by atoms with E-state index in [9.17, 15) is 9.59 Å². The monoisotopic (exact) mass is 422 g/mol. The molecule has 0 aliphatic carbocycles. The van der Waals surface area contributed by atoms with Crippen LogP contribution in [0.5, 0.6) is 0 Å². The largest absolute Gasteiger partial charge is 1.00 e. The number of carbonyl (C=O) groups excluding carboxylic acids is 2. The molecule has 6 nitrogen and oxygen atoms in total. The minimum atomic E-state index is -0.546. The number of aromatic nitrogens is 1. The van der Waals surface area contributed by atoms with Crippen LogP contribution in [-0.2, 0) is 27.7 Å². The van der Waals surface area contributed by atoms with E-state index in [1.807, 2.05) is 0 Å². The lowest BCUT2D eigenvalue weighted by Gasteiger charge is -2.19. The standard InChI is InChI=1S/C15H22N2O4.HI/c1-6-20-13(18)9-12-8-7-11(10-17(12)5)16-14(19)21-15(2,3)4;/h7-8,10H,6,9H2,1-5H3;1H. The van der Waals surface area contributed by atoms with Crippen LogP contribution in [-0.4, -0.2) is 24.3 Å². The summed E-state index contributed by atoms with van der Waals surface area (Å²) in [7, 11) is 1.80. The van der Waals surface area contributed by atoms with Crippen LogP contribution >= 0.6 is 0 Å². The van der Waals surface area contributed by atoms with Gasteiger partial charge in [0.1, 0.15) is 24.8 Å². The average Bonchev–Trinajstić information content (AvgIpc) is 2.30. The maximum absolute atomic E-state index is 11.7. The molecule has 0 aliphatic rings. The van der Waals surface area contributed by atoms with Crippen LogP contribution in [0.1, 0.15) is 33.4 Å². The predicted molar refractivity (Wildman–Crippen MR) is 77.8 cm³/mol. The van der Waals surface area contributed by atoms with Crippen molar-refractivity contribution < 1.29 is 47.6 Å². The molecule has 0 saturated heterocycles. The minimum absolute atomic E-state index is 0. The van der Waals surface area contributed by atoms with Crippen molar-refractivity contribution in [1.82, 2.24) is 0 Å². The molecular weight excluding hydrogens is 399 g/mol. The molecule has 22 heavy (non-hydrogen) atoms. The molecule has 0 spiro atoms. The molecule has 0 atom stereocenters. The molecule has 0 aliphatic heterocycles. The minimum Gasteiger partial charge on any atom is -1.00 e. The number of nitrogens with one attached hydrogen (secondary N) is 1. The van der Waals surface area contributed by atoms with E-state index in [0.29, 0.717) is 12.3 Å². The second-order valence-corrected chi connectivity index (χ2v) is 5.63. The lowest BCUT2D eigenvalue weighted by molar-refractivity contribution is -0.677. The molecule has 1 heterocycles. The summed E-state index contributed by atoms with van der Waals surface area (Å²) in [5, 5.41) is 2.65. The van der Waals surface area contributed by atoms with E-state index in [1.54, 1.807) is 57.6 Å². The highest BCUT2D eigenvalue weighted by atomic mass is 127. The molecule has 7 heteroatoms. The van der Waals surface area contributed by atoms with Gasteiger partial charge in [0, 0.05) is 6.07 Å². The number of carbonyl (C=O) groups is 2. The maximum atomic E-state index is 11.7. The third-order valence-electron chi connectivity index (χ3n) is 2.52. The molecule has 1 amide bonds. The molecule has 0 saturated carbocycles. The molecular formula is C15H23IN2O4. The van der Waals surface area contributed by atoms with Crippen LogP contribution in [0, 0.1) is 0 Å². The molecule has 0 aromatic carbocycles. The van der Waals surface area contributed by atoms with Crippen LogP contribution < -0.4 is 33.9 Å². The van der Waals surface area contributed by atoms with Gasteiger partial charge in [0.15, 0.2) is 11.9 Å². The van der Waals surface area contributed by atoms with Crippen molar-refractivity contribution in [3.05, 3.63) is 24.0 Å². The average molecular weight is 422 g/mol. The van der Waals surface area contributed by atoms with Gasteiger partial charge in [0.05, 0.1) is 6.61 Å². The zero-order valence-electron chi connectivity index (χ0n) is 13.6. The van der Waals surface area contributed by atoms with E-state index >= 15 is 0 Å². The van der Waals surface area contributed by atoms with E-state index < -0.39 is 11.7 Å². The number of nitrogens with zero attached hydrogens (tertiary/aromatic N) is 1. The van der Waals surface area contributed by atoms with Gasteiger partial charge in [-0.3, -0.25) is 10.1 Å². The highest BCUT2D eigenvalue weighted by Crippen LogP contribution is 2.11. The Morgan fingerprint density at radius 3 is 2.41 bits per heavy atom. The summed E-state index contributed by atoms with van der Waals surface area (Å²) >= 11 is 0. The second kappa shape index (κ2) is 8.92. The topological polar surface area (TPSA) is 68.5 Å². The number of rotatable bonds is 4. The number of aryl methyl sites for hydroxylation is 1. The van der Waals surface area contributed by atoms with Gasteiger partial charge in [0.2, 0.25) is 0 Å². The molecule has 0 fully saturated rings. The van der Waals surface area contributed by atoms with Crippen LogP contribution in [0.15, 0.2) is 18.3 Å². The predicted octanol–water partition coefficient (Wildman–Crippen LogP) is -1.03. The Labute approximate surface area is 148 Å². The van der Waals surface area contributed by atoms with Crippen molar-refractivity contribution in [2.24, 2.45) is 7.05 Å². The summed E-state index contributed by atoms with van der Waals surface area (Å²) in [5.41, 5.74) is 0.846. The molecule has 1 rings (SSSR count). The van der Waals surface area contributed by atoms with Gasteiger partial charge in [-0.1, -0.05) is 0 Å². The number of ether oxygens (including phenoxy) is 2. The van der Waals surface area contributed by atoms with Gasteiger partial charge < -0.3 is 33.5 Å². The van der Waals surface area contributed by atoms with Crippen molar-refractivity contribution >= 4 is 17.7 Å². The summed E-state index contributed by atoms with van der Waals surface area (Å²) in [6, 6.07) is 3.49. The Morgan fingerprint density at radius 1 is 1.27 bits per heavy atom. The third-order valence-corrected chi connectivity index (χ3v) is 2.52. The van der Waals surface area contributed by atoms with Crippen LogP contribution in [0.2, 0.25) is 0 Å². The molecule has 1 aromatic heterocycles. The Hall–Kier alpha value is -1.38. The molecule has 0 bridgehead atoms. The maximum Gasteiger partial charge on any atom is 0.412 e. The van der Waals surface area contributed by atoms with Gasteiger partial charge in [0.25, 0.3) is 0 Å². The van der Waals surface area contributed by atoms with Gasteiger partial charge in [-0.2, -0.15) is 0 Å². The number of esters is 1. The summed E-state index contributed by atoms with van der Waals surface area (Å²) < 4.78 is 11.9. The van der Waals surface area contributed by atoms with E-state index in [1.165, 1.54) is 0 Å². The van der Waals surface area contributed by atoms with Gasteiger partial charge in [-0.05, 0) is 33.8 Å². The number of hydrogen-bond donors (Lipinski definition) is 1. The number of hydrogen-bond acceptors (Lipinski definition) is 4. The van der Waals surface area contributed by atoms with Crippen molar-refractivity contribution in [1.29, 1.82) is 0 Å². The molecule has 0 radical (unpaired) electrons. The van der Waals surface area contributed by atoms with Gasteiger partial charge in [-0.25, -0.2) is 9.36 Å². The zero-order valence-corrected chi connectivity index (χ0v) is 15.8. The Balaban J connectivity index is 0.00000441. The van der Waals surface area contributed by atoms with Crippen LogP contribution in [0.4, 0.5) is 10.5 Å². The van der Waals surface area contributed by atoms with Crippen molar-refractivity contribution in [3.8, 4) is 0 Å². The molecule has 1 N–H and O–H groups in total. The number of halogens is 1. The first-order valence-corrected chi connectivity index (χ1v) is 6.85. The summed E-state index contributed by atoms with van der Waals surface area (Å²) in [6.07, 6.45) is 1.40. The van der Waals surface area contributed by atoms with Crippen molar-refractivity contribution in [3.63, 3.8) is 0 Å². The van der Waals surface area contributed by atoms with Crippen LogP contribution in [0.3, 0.4) is 0 Å². The number of amides is 1. The van der Waals surface area contributed by atoms with Gasteiger partial charge in [-0.15, -0.1) is 0 Å². The third kappa shape index (κ3) is 7.58. The normalized spacial score (nSPS) is 10.4. The Kier molecular flexibility index (Phi) is 8.36. The number of pyridine rings is 1. The first-order chi connectivity index (χ1) is 9.71. The fourth-order valence-electron chi connectivity index (χ4n) is 1.68. The van der Waals surface area contributed by atoms with Crippen molar-refractivity contribution in [2.45, 2.75) is 39.7 Å². The number of anilines is 1. The van der Waals surface area contributed by atoms with E-state index in [2.05, 4.69) is 5.32 Å². The lowest BCUT2D eigenvalue weighted by Crippen LogP contribution is -3.00. The van der Waals surface area contributed by atoms with Crippen LogP contribution in [0.25, 0.3) is 0 Å². The Bertz CT molecular complexity index is 527. The quantitative estimate of drug-likeness (QED) is 0.383. The first kappa shape index (κ1) is 20.6. The lowest BCUT2D eigenvalue weighted by atomic mass is 10.2. The van der Waals surface area contributed by atoms with Crippen molar-refractivity contribution in [2.75, 3.05) is 11.9 Å². The van der Waals surface area contributed by atoms with Gasteiger partial charge >= 0.3 is 12.1 Å². The zero-order chi connectivity index (χ0) is 16.0. The summed E-state index contributed by atoms with van der Waals surface area (Å²) in [4.78, 5) is 23.1. The Morgan fingerprint density at radius 2 is 1.91 bits per heavy atom.